The third-order valence-corrected chi connectivity index (χ3v) is 5.79. The molecule has 1 atom stereocenters. The number of carbonyl (C=O) groups excluding carboxylic acids is 1. The van der Waals surface area contributed by atoms with Crippen molar-refractivity contribution in [2.24, 2.45) is 0 Å². The topological polar surface area (TPSA) is 63.4 Å². The highest BCUT2D eigenvalue weighted by Crippen LogP contribution is 2.40. The van der Waals surface area contributed by atoms with Crippen molar-refractivity contribution in [3.05, 3.63) is 104 Å². The second-order valence-corrected chi connectivity index (χ2v) is 7.80. The van der Waals surface area contributed by atoms with Crippen molar-refractivity contribution >= 4 is 34.3 Å². The van der Waals surface area contributed by atoms with E-state index in [1.54, 1.807) is 18.2 Å². The number of benzene rings is 2. The zero-order chi connectivity index (χ0) is 21.0. The van der Waals surface area contributed by atoms with Crippen molar-refractivity contribution in [1.82, 2.24) is 4.98 Å². The van der Waals surface area contributed by atoms with Gasteiger partial charge in [0.25, 0.3) is 5.91 Å². The summed E-state index contributed by atoms with van der Waals surface area (Å²) in [6.07, 6.45) is 0. The van der Waals surface area contributed by atoms with Gasteiger partial charge in [-0.1, -0.05) is 48.0 Å². The molecule has 1 aliphatic rings. The predicted octanol–water partition coefficient (Wildman–Crippen LogP) is 5.21. The highest BCUT2D eigenvalue weighted by Gasteiger charge is 2.44. The summed E-state index contributed by atoms with van der Waals surface area (Å²) in [6, 6.07) is 17.6. The summed E-state index contributed by atoms with van der Waals surface area (Å²) in [5.41, 5.74) is 2.74. The number of hydrogen-bond donors (Lipinski definition) is 0. The molecule has 0 saturated carbocycles. The minimum absolute atomic E-state index is 0.0476. The van der Waals surface area contributed by atoms with E-state index in [4.69, 9.17) is 16.0 Å². The van der Waals surface area contributed by atoms with Gasteiger partial charge in [0, 0.05) is 10.7 Å². The number of anilines is 1. The lowest BCUT2D eigenvalue weighted by Gasteiger charge is -2.24. The van der Waals surface area contributed by atoms with E-state index in [2.05, 4.69) is 4.98 Å². The summed E-state index contributed by atoms with van der Waals surface area (Å²) in [4.78, 5) is 33.1. The Hall–Kier alpha value is -3.44. The summed E-state index contributed by atoms with van der Waals surface area (Å²) in [6.45, 7) is 3.68. The van der Waals surface area contributed by atoms with Gasteiger partial charge in [0.2, 0.25) is 5.76 Å². The highest BCUT2D eigenvalue weighted by atomic mass is 35.5. The molecule has 2 aromatic heterocycles. The first kappa shape index (κ1) is 18.6. The minimum Gasteiger partial charge on any atom is -0.450 e. The number of fused-ring (bicyclic) bond motifs is 2. The third-order valence-electron chi connectivity index (χ3n) is 5.39. The molecule has 0 N–H and O–H groups in total. The second kappa shape index (κ2) is 6.82. The van der Waals surface area contributed by atoms with Crippen LogP contribution >= 0.6 is 11.6 Å². The molecule has 0 aliphatic carbocycles. The van der Waals surface area contributed by atoms with Gasteiger partial charge < -0.3 is 4.42 Å². The van der Waals surface area contributed by atoms with Crippen LogP contribution in [0.4, 0.5) is 5.82 Å². The van der Waals surface area contributed by atoms with E-state index in [0.29, 0.717) is 27.4 Å². The summed E-state index contributed by atoms with van der Waals surface area (Å²) >= 11 is 6.27. The molecule has 5 rings (SSSR count). The lowest BCUT2D eigenvalue weighted by Crippen LogP contribution is -2.30. The van der Waals surface area contributed by atoms with E-state index in [-0.39, 0.29) is 17.1 Å². The normalized spacial score (nSPS) is 15.6. The molecule has 2 aromatic carbocycles. The lowest BCUT2D eigenvalue weighted by atomic mass is 9.98. The molecule has 4 aromatic rings. The van der Waals surface area contributed by atoms with Gasteiger partial charge in [-0.3, -0.25) is 14.5 Å². The average Bonchev–Trinajstić information content (AvgIpc) is 3.03. The van der Waals surface area contributed by atoms with Gasteiger partial charge in [-0.05, 0) is 49.2 Å². The molecule has 1 amide bonds. The van der Waals surface area contributed by atoms with E-state index in [1.165, 1.54) is 4.90 Å². The van der Waals surface area contributed by atoms with Crippen molar-refractivity contribution in [3.63, 3.8) is 0 Å². The summed E-state index contributed by atoms with van der Waals surface area (Å²) < 4.78 is 5.99. The molecule has 0 fully saturated rings. The number of halogens is 1. The van der Waals surface area contributed by atoms with Crippen LogP contribution in [-0.2, 0) is 0 Å². The summed E-state index contributed by atoms with van der Waals surface area (Å²) in [5, 5.41) is 0.838. The van der Waals surface area contributed by atoms with Gasteiger partial charge in [0.05, 0.1) is 17.0 Å². The Balaban J connectivity index is 1.84. The monoisotopic (exact) mass is 416 g/mol. The number of rotatable bonds is 2. The fourth-order valence-electron chi connectivity index (χ4n) is 3.94. The molecule has 3 heterocycles. The molecule has 0 bridgehead atoms. The fourth-order valence-corrected chi connectivity index (χ4v) is 4.11. The first-order valence-electron chi connectivity index (χ1n) is 9.54. The van der Waals surface area contributed by atoms with Gasteiger partial charge in [-0.15, -0.1) is 0 Å². The van der Waals surface area contributed by atoms with Gasteiger partial charge in [0.1, 0.15) is 11.4 Å². The van der Waals surface area contributed by atoms with Crippen LogP contribution in [0.5, 0.6) is 0 Å². The smallest absolute Gasteiger partial charge is 0.296 e. The molecule has 0 radical (unpaired) electrons. The molecule has 0 unspecified atom stereocenters. The van der Waals surface area contributed by atoms with Gasteiger partial charge in [-0.2, -0.15) is 0 Å². The van der Waals surface area contributed by atoms with E-state index in [1.807, 2.05) is 56.3 Å². The Labute approximate surface area is 177 Å². The van der Waals surface area contributed by atoms with E-state index in [9.17, 15) is 9.59 Å². The average molecular weight is 417 g/mol. The van der Waals surface area contributed by atoms with E-state index < -0.39 is 6.04 Å². The molecular weight excluding hydrogens is 400 g/mol. The maximum atomic E-state index is 13.5. The van der Waals surface area contributed by atoms with Crippen LogP contribution in [0.25, 0.3) is 11.0 Å². The molecule has 0 spiro atoms. The predicted molar refractivity (Wildman–Crippen MR) is 116 cm³/mol. The van der Waals surface area contributed by atoms with Crippen LogP contribution in [-0.4, -0.2) is 10.9 Å². The quantitative estimate of drug-likeness (QED) is 0.450. The number of pyridine rings is 1. The zero-order valence-corrected chi connectivity index (χ0v) is 17.1. The van der Waals surface area contributed by atoms with E-state index in [0.717, 1.165) is 16.8 Å². The van der Waals surface area contributed by atoms with Gasteiger partial charge >= 0.3 is 0 Å². The third kappa shape index (κ3) is 2.74. The molecule has 30 heavy (non-hydrogen) atoms. The molecular formula is C24H17ClN2O3. The number of carbonyl (C=O) groups is 1. The standard InChI is InChI=1S/C24H17ClN2O3/c1-13-11-18-16(12-17(13)25)22(28)20-21(15-8-4-3-5-9-15)27(24(29)23(20)30-18)19-10-6-7-14(2)26-19/h3-12,21H,1-2H3/t21-/m1/s1. The maximum absolute atomic E-state index is 13.5. The van der Waals surface area contributed by atoms with Crippen molar-refractivity contribution in [2.75, 3.05) is 4.90 Å². The van der Waals surface area contributed by atoms with Crippen molar-refractivity contribution < 1.29 is 9.21 Å². The minimum atomic E-state index is -0.635. The molecule has 1 aliphatic heterocycles. The van der Waals surface area contributed by atoms with Crippen molar-refractivity contribution in [2.45, 2.75) is 19.9 Å². The number of aromatic nitrogens is 1. The molecule has 0 saturated heterocycles. The fraction of sp³-hybridized carbons (Fsp3) is 0.125. The Morgan fingerprint density at radius 2 is 1.77 bits per heavy atom. The van der Waals surface area contributed by atoms with Crippen LogP contribution in [0.15, 0.2) is 69.9 Å². The summed E-state index contributed by atoms with van der Waals surface area (Å²) in [5.74, 6) is 0.132. The number of hydrogen-bond acceptors (Lipinski definition) is 4. The highest BCUT2D eigenvalue weighted by molar-refractivity contribution is 6.32. The molecule has 5 nitrogen and oxygen atoms in total. The van der Waals surface area contributed by atoms with Crippen LogP contribution in [0.3, 0.4) is 0 Å². The Morgan fingerprint density at radius 3 is 2.50 bits per heavy atom. The Bertz CT molecular complexity index is 1380. The number of aryl methyl sites for hydroxylation is 2. The lowest BCUT2D eigenvalue weighted by molar-refractivity contribution is 0.0970. The van der Waals surface area contributed by atoms with Crippen LogP contribution in [0, 0.1) is 13.8 Å². The van der Waals surface area contributed by atoms with Crippen LogP contribution in [0.2, 0.25) is 5.02 Å². The number of amides is 1. The van der Waals surface area contributed by atoms with Crippen LogP contribution in [0.1, 0.15) is 39.0 Å². The van der Waals surface area contributed by atoms with Gasteiger partial charge in [0.15, 0.2) is 5.43 Å². The van der Waals surface area contributed by atoms with Crippen molar-refractivity contribution in [3.8, 4) is 0 Å². The Kier molecular flexibility index (Phi) is 4.22. The SMILES string of the molecule is Cc1cccc(N2C(=O)c3oc4cc(C)c(Cl)cc4c(=O)c3[C@H]2c2ccccc2)n1. The summed E-state index contributed by atoms with van der Waals surface area (Å²) in [7, 11) is 0. The zero-order valence-electron chi connectivity index (χ0n) is 16.3. The van der Waals surface area contributed by atoms with Gasteiger partial charge in [-0.25, -0.2) is 4.98 Å². The second-order valence-electron chi connectivity index (χ2n) is 7.40. The van der Waals surface area contributed by atoms with Crippen molar-refractivity contribution in [1.29, 1.82) is 0 Å². The molecule has 148 valence electrons. The van der Waals surface area contributed by atoms with Crippen LogP contribution < -0.4 is 10.3 Å². The first-order valence-corrected chi connectivity index (χ1v) is 9.92. The van der Waals surface area contributed by atoms with E-state index >= 15 is 0 Å². The maximum Gasteiger partial charge on any atom is 0.296 e. The number of nitrogens with zero attached hydrogens (tertiary/aromatic N) is 2. The Morgan fingerprint density at radius 1 is 1.00 bits per heavy atom. The first-order chi connectivity index (χ1) is 14.5. The molecule has 6 heteroatoms. The largest absolute Gasteiger partial charge is 0.450 e.